The summed E-state index contributed by atoms with van der Waals surface area (Å²) in [6.07, 6.45) is 2.65. The van der Waals surface area contributed by atoms with Crippen molar-refractivity contribution in [2.24, 2.45) is 11.1 Å². The van der Waals surface area contributed by atoms with E-state index in [2.05, 4.69) is 11.7 Å². The number of allylic oxidation sites excluding steroid dienone is 1. The zero-order valence-corrected chi connectivity index (χ0v) is 8.35. The Kier molecular flexibility index (Phi) is 3.92. The summed E-state index contributed by atoms with van der Waals surface area (Å²) >= 11 is 0. The lowest BCUT2D eigenvalue weighted by Gasteiger charge is -2.10. The highest BCUT2D eigenvalue weighted by Crippen LogP contribution is 2.13. The maximum absolute atomic E-state index is 8.93. The Hall–Kier alpha value is -1.57. The van der Waals surface area contributed by atoms with Crippen LogP contribution < -0.4 is 0 Å². The average molecular weight is 189 g/mol. The van der Waals surface area contributed by atoms with Gasteiger partial charge in [0.1, 0.15) is 0 Å². The molecule has 0 aromatic heterocycles. The van der Waals surface area contributed by atoms with Gasteiger partial charge >= 0.3 is 0 Å². The Bertz CT molecular complexity index is 316. The van der Waals surface area contributed by atoms with Crippen LogP contribution in [0.3, 0.4) is 0 Å². The summed E-state index contributed by atoms with van der Waals surface area (Å²) in [6, 6.07) is 9.68. The fourth-order valence-electron chi connectivity index (χ4n) is 1.41. The fourth-order valence-corrected chi connectivity index (χ4v) is 1.41. The molecule has 14 heavy (non-hydrogen) atoms. The summed E-state index contributed by atoms with van der Waals surface area (Å²) in [4.78, 5) is 0. The summed E-state index contributed by atoms with van der Waals surface area (Å²) < 4.78 is 0. The van der Waals surface area contributed by atoms with Gasteiger partial charge in [-0.2, -0.15) is 0 Å². The number of oxime groups is 1. The highest BCUT2D eigenvalue weighted by molar-refractivity contribution is 6.01. The van der Waals surface area contributed by atoms with Crippen molar-refractivity contribution in [2.45, 2.75) is 13.3 Å². The van der Waals surface area contributed by atoms with E-state index in [0.717, 1.165) is 12.0 Å². The van der Waals surface area contributed by atoms with Gasteiger partial charge in [-0.3, -0.25) is 0 Å². The third-order valence-corrected chi connectivity index (χ3v) is 2.16. The van der Waals surface area contributed by atoms with Gasteiger partial charge in [0.2, 0.25) is 0 Å². The molecule has 1 rings (SSSR count). The third-order valence-electron chi connectivity index (χ3n) is 2.16. The fraction of sp³-hybridized carbons (Fsp3) is 0.250. The lowest BCUT2D eigenvalue weighted by molar-refractivity contribution is 0.316. The Morgan fingerprint density at radius 1 is 1.50 bits per heavy atom. The summed E-state index contributed by atoms with van der Waals surface area (Å²) in [5.74, 6) is 0.194. The van der Waals surface area contributed by atoms with Crippen molar-refractivity contribution in [1.29, 1.82) is 0 Å². The van der Waals surface area contributed by atoms with Gasteiger partial charge < -0.3 is 5.21 Å². The molecule has 1 unspecified atom stereocenters. The summed E-state index contributed by atoms with van der Waals surface area (Å²) in [6.45, 7) is 5.69. The molecule has 0 radical (unpaired) electrons. The van der Waals surface area contributed by atoms with E-state index in [1.54, 1.807) is 0 Å². The van der Waals surface area contributed by atoms with Crippen LogP contribution in [0.2, 0.25) is 0 Å². The second-order valence-electron chi connectivity index (χ2n) is 3.28. The molecule has 0 fully saturated rings. The molecule has 1 N–H and O–H groups in total. The molecule has 0 spiro atoms. The smallest absolute Gasteiger partial charge is 0.0898 e. The van der Waals surface area contributed by atoms with Gasteiger partial charge in [0.25, 0.3) is 0 Å². The van der Waals surface area contributed by atoms with Crippen LogP contribution in [0.1, 0.15) is 18.9 Å². The van der Waals surface area contributed by atoms with Crippen molar-refractivity contribution in [1.82, 2.24) is 0 Å². The van der Waals surface area contributed by atoms with Gasteiger partial charge in [-0.05, 0) is 12.0 Å². The predicted molar refractivity (Wildman–Crippen MR) is 58.7 cm³/mol. The van der Waals surface area contributed by atoms with E-state index in [0.29, 0.717) is 5.71 Å². The van der Waals surface area contributed by atoms with Gasteiger partial charge in [0.05, 0.1) is 5.71 Å². The molecule has 74 valence electrons. The van der Waals surface area contributed by atoms with E-state index in [-0.39, 0.29) is 5.92 Å². The van der Waals surface area contributed by atoms with Crippen LogP contribution in [0.5, 0.6) is 0 Å². The number of nitrogens with zero attached hydrogens (tertiary/aromatic N) is 1. The molecule has 1 aromatic carbocycles. The Balaban J connectivity index is 2.89. The van der Waals surface area contributed by atoms with Crippen LogP contribution in [0.25, 0.3) is 0 Å². The minimum atomic E-state index is 0.194. The van der Waals surface area contributed by atoms with Crippen molar-refractivity contribution in [3.05, 3.63) is 48.6 Å². The number of benzene rings is 1. The van der Waals surface area contributed by atoms with Crippen molar-refractivity contribution in [3.8, 4) is 0 Å². The van der Waals surface area contributed by atoms with Crippen LogP contribution in [-0.2, 0) is 0 Å². The second-order valence-corrected chi connectivity index (χ2v) is 3.28. The molecule has 0 aliphatic rings. The van der Waals surface area contributed by atoms with Crippen molar-refractivity contribution < 1.29 is 5.21 Å². The lowest BCUT2D eigenvalue weighted by Crippen LogP contribution is -2.11. The molecule has 0 aliphatic carbocycles. The van der Waals surface area contributed by atoms with Gasteiger partial charge in [-0.25, -0.2) is 0 Å². The predicted octanol–water partition coefficient (Wildman–Crippen LogP) is 3.08. The Morgan fingerprint density at radius 2 is 2.14 bits per heavy atom. The highest BCUT2D eigenvalue weighted by atomic mass is 16.4. The van der Waals surface area contributed by atoms with E-state index < -0.39 is 0 Å². The van der Waals surface area contributed by atoms with Gasteiger partial charge in [-0.1, -0.05) is 48.5 Å². The van der Waals surface area contributed by atoms with E-state index in [9.17, 15) is 0 Å². The Labute approximate surface area is 84.6 Å². The summed E-state index contributed by atoms with van der Waals surface area (Å²) in [7, 11) is 0. The van der Waals surface area contributed by atoms with Crippen LogP contribution in [-0.4, -0.2) is 10.9 Å². The zero-order valence-electron chi connectivity index (χ0n) is 8.35. The molecule has 2 heteroatoms. The second kappa shape index (κ2) is 5.22. The molecule has 0 aliphatic heterocycles. The first-order chi connectivity index (χ1) is 6.79. The van der Waals surface area contributed by atoms with Crippen molar-refractivity contribution >= 4 is 5.71 Å². The van der Waals surface area contributed by atoms with Gasteiger partial charge in [-0.15, -0.1) is 6.58 Å². The largest absolute Gasteiger partial charge is 0.411 e. The number of hydrogen-bond acceptors (Lipinski definition) is 2. The Morgan fingerprint density at radius 3 is 2.64 bits per heavy atom. The first-order valence-electron chi connectivity index (χ1n) is 4.68. The first kappa shape index (κ1) is 10.5. The van der Waals surface area contributed by atoms with Gasteiger partial charge in [0.15, 0.2) is 0 Å². The van der Waals surface area contributed by atoms with Crippen LogP contribution in [0.4, 0.5) is 0 Å². The minimum absolute atomic E-state index is 0.194. The number of hydrogen-bond donors (Lipinski definition) is 1. The topological polar surface area (TPSA) is 32.6 Å². The first-order valence-corrected chi connectivity index (χ1v) is 4.68. The minimum Gasteiger partial charge on any atom is -0.411 e. The van der Waals surface area contributed by atoms with E-state index in [4.69, 9.17) is 5.21 Å². The average Bonchev–Trinajstić information content (AvgIpc) is 2.21. The molecular formula is C12H15NO. The van der Waals surface area contributed by atoms with E-state index in [1.807, 2.05) is 43.3 Å². The highest BCUT2D eigenvalue weighted by Gasteiger charge is 2.11. The van der Waals surface area contributed by atoms with E-state index in [1.165, 1.54) is 0 Å². The maximum Gasteiger partial charge on any atom is 0.0898 e. The standard InChI is InChI=1S/C12H15NO/c1-3-7-10(2)12(13-14)11-8-5-4-6-9-11/h3-6,8-10,14H,1,7H2,2H3/b13-12+. The molecule has 0 amide bonds. The third kappa shape index (κ3) is 2.46. The molecule has 0 bridgehead atoms. The quantitative estimate of drug-likeness (QED) is 0.336. The molecule has 1 aromatic rings. The van der Waals surface area contributed by atoms with Crippen molar-refractivity contribution in [3.63, 3.8) is 0 Å². The molecule has 0 heterocycles. The van der Waals surface area contributed by atoms with Crippen LogP contribution >= 0.6 is 0 Å². The zero-order chi connectivity index (χ0) is 10.4. The monoisotopic (exact) mass is 189 g/mol. The van der Waals surface area contributed by atoms with Gasteiger partial charge in [0, 0.05) is 5.92 Å². The van der Waals surface area contributed by atoms with E-state index >= 15 is 0 Å². The van der Waals surface area contributed by atoms with Crippen LogP contribution in [0.15, 0.2) is 48.1 Å². The lowest BCUT2D eigenvalue weighted by atomic mass is 9.96. The van der Waals surface area contributed by atoms with Crippen LogP contribution in [0, 0.1) is 5.92 Å². The maximum atomic E-state index is 8.93. The molecule has 0 saturated carbocycles. The SMILES string of the molecule is C=CCC(C)/C(=N\O)c1ccccc1. The summed E-state index contributed by atoms with van der Waals surface area (Å²) in [5.41, 5.74) is 1.68. The molecule has 2 nitrogen and oxygen atoms in total. The number of rotatable bonds is 4. The summed E-state index contributed by atoms with van der Waals surface area (Å²) in [5, 5.41) is 12.3. The molecule has 0 saturated heterocycles. The van der Waals surface area contributed by atoms with Crippen molar-refractivity contribution in [2.75, 3.05) is 0 Å². The molecule has 1 atom stereocenters. The molecular weight excluding hydrogens is 174 g/mol. The normalized spacial score (nSPS) is 13.6.